The summed E-state index contributed by atoms with van der Waals surface area (Å²) in [5.41, 5.74) is 0. The zero-order valence-electron chi connectivity index (χ0n) is 16.3. The molecule has 0 aliphatic heterocycles. The predicted octanol–water partition coefficient (Wildman–Crippen LogP) is 4.66. The van der Waals surface area contributed by atoms with E-state index in [0.29, 0.717) is 0 Å². The minimum atomic E-state index is -0.0339. The molecular weight excluding hydrogens is 312 g/mol. The highest BCUT2D eigenvalue weighted by Crippen LogP contribution is 2.07. The molecule has 0 spiro atoms. The standard InChI is InChI=1S/C21H38N2O2/c1-3-4-5-6-11-15-18-21(25)23-19-16-13-10-8-7-9-12-14-17-20(24)22-2/h14-15,17-18H,3-13,16,19H2,1-2H3,(H,22,24)(H,23,25). The quantitative estimate of drug-likeness (QED) is 0.314. The fourth-order valence-electron chi connectivity index (χ4n) is 2.52. The number of hydrogen-bond acceptors (Lipinski definition) is 2. The second-order valence-corrected chi connectivity index (χ2v) is 6.47. The lowest BCUT2D eigenvalue weighted by Gasteiger charge is -2.03. The van der Waals surface area contributed by atoms with Crippen LogP contribution in [0.1, 0.15) is 84.0 Å². The molecule has 0 aliphatic carbocycles. The van der Waals surface area contributed by atoms with E-state index < -0.39 is 0 Å². The number of hydrogen-bond donors (Lipinski definition) is 2. The number of carbonyl (C=O) groups is 2. The van der Waals surface area contributed by atoms with Gasteiger partial charge in [-0.3, -0.25) is 9.59 Å². The second-order valence-electron chi connectivity index (χ2n) is 6.47. The monoisotopic (exact) mass is 350 g/mol. The van der Waals surface area contributed by atoms with Crippen LogP contribution in [0.3, 0.4) is 0 Å². The molecule has 0 rings (SSSR count). The number of carbonyl (C=O) groups excluding carboxylic acids is 2. The molecule has 0 heterocycles. The predicted molar refractivity (Wildman–Crippen MR) is 106 cm³/mol. The van der Waals surface area contributed by atoms with E-state index in [0.717, 1.165) is 38.6 Å². The van der Waals surface area contributed by atoms with Gasteiger partial charge < -0.3 is 10.6 Å². The maximum absolute atomic E-state index is 11.6. The Hall–Kier alpha value is -1.58. The Labute approximate surface area is 154 Å². The van der Waals surface area contributed by atoms with Crippen LogP contribution in [0.2, 0.25) is 0 Å². The van der Waals surface area contributed by atoms with Gasteiger partial charge in [-0.1, -0.05) is 64.0 Å². The van der Waals surface area contributed by atoms with Crippen molar-refractivity contribution in [1.82, 2.24) is 10.6 Å². The van der Waals surface area contributed by atoms with E-state index in [4.69, 9.17) is 0 Å². The maximum Gasteiger partial charge on any atom is 0.243 e. The summed E-state index contributed by atoms with van der Waals surface area (Å²) in [5, 5.41) is 5.51. The van der Waals surface area contributed by atoms with E-state index in [9.17, 15) is 9.59 Å². The molecule has 144 valence electrons. The average molecular weight is 351 g/mol. The molecule has 0 fully saturated rings. The fraction of sp³-hybridized carbons (Fsp3) is 0.714. The van der Waals surface area contributed by atoms with E-state index in [2.05, 4.69) is 17.6 Å². The number of rotatable bonds is 16. The highest BCUT2D eigenvalue weighted by Gasteiger charge is 1.95. The molecule has 0 aromatic carbocycles. The lowest BCUT2D eigenvalue weighted by Crippen LogP contribution is -2.21. The van der Waals surface area contributed by atoms with Gasteiger partial charge in [-0.05, 0) is 44.3 Å². The van der Waals surface area contributed by atoms with Crippen LogP contribution in [-0.4, -0.2) is 25.4 Å². The third-order valence-electron chi connectivity index (χ3n) is 4.11. The molecule has 0 aliphatic rings. The summed E-state index contributed by atoms with van der Waals surface area (Å²) in [6.45, 7) is 2.98. The van der Waals surface area contributed by atoms with Gasteiger partial charge in [-0.15, -0.1) is 0 Å². The summed E-state index contributed by atoms with van der Waals surface area (Å²) >= 11 is 0. The van der Waals surface area contributed by atoms with E-state index in [1.54, 1.807) is 19.2 Å². The molecule has 25 heavy (non-hydrogen) atoms. The lowest BCUT2D eigenvalue weighted by atomic mass is 10.1. The van der Waals surface area contributed by atoms with Crippen LogP contribution in [0.5, 0.6) is 0 Å². The van der Waals surface area contributed by atoms with Gasteiger partial charge in [-0.2, -0.15) is 0 Å². The highest BCUT2D eigenvalue weighted by atomic mass is 16.2. The Morgan fingerprint density at radius 1 is 0.720 bits per heavy atom. The third-order valence-corrected chi connectivity index (χ3v) is 4.11. The van der Waals surface area contributed by atoms with E-state index in [1.165, 1.54) is 44.9 Å². The van der Waals surface area contributed by atoms with Crippen LogP contribution in [0, 0.1) is 0 Å². The summed E-state index contributed by atoms with van der Waals surface area (Å²) in [6.07, 6.45) is 21.1. The lowest BCUT2D eigenvalue weighted by molar-refractivity contribution is -0.117. The van der Waals surface area contributed by atoms with Crippen LogP contribution < -0.4 is 10.6 Å². The van der Waals surface area contributed by atoms with Crippen molar-refractivity contribution in [3.05, 3.63) is 24.3 Å². The first-order valence-corrected chi connectivity index (χ1v) is 10.0. The van der Waals surface area contributed by atoms with Gasteiger partial charge in [-0.25, -0.2) is 0 Å². The Bertz CT molecular complexity index is 389. The fourth-order valence-corrected chi connectivity index (χ4v) is 2.52. The van der Waals surface area contributed by atoms with Gasteiger partial charge in [0.05, 0.1) is 0 Å². The molecule has 0 aromatic heterocycles. The molecule has 2 amide bonds. The SMILES string of the molecule is CCCCCCC=CC(=O)NCCCCCCCCC=CC(=O)NC. The van der Waals surface area contributed by atoms with Crippen LogP contribution >= 0.6 is 0 Å². The molecule has 0 bridgehead atoms. The zero-order chi connectivity index (χ0) is 18.6. The molecule has 4 heteroatoms. The van der Waals surface area contributed by atoms with Crippen molar-refractivity contribution in [3.8, 4) is 0 Å². The molecule has 0 aromatic rings. The molecular formula is C21H38N2O2. The Kier molecular flexibility index (Phi) is 17.6. The second kappa shape index (κ2) is 18.8. The van der Waals surface area contributed by atoms with Gasteiger partial charge in [0.2, 0.25) is 11.8 Å². The van der Waals surface area contributed by atoms with Gasteiger partial charge in [0.25, 0.3) is 0 Å². The van der Waals surface area contributed by atoms with Gasteiger partial charge in [0.1, 0.15) is 0 Å². The number of allylic oxidation sites excluding steroid dienone is 2. The molecule has 4 nitrogen and oxygen atoms in total. The molecule has 0 unspecified atom stereocenters. The number of amides is 2. The minimum absolute atomic E-state index is 0.0339. The Morgan fingerprint density at radius 2 is 1.24 bits per heavy atom. The average Bonchev–Trinajstić information content (AvgIpc) is 2.62. The summed E-state index contributed by atoms with van der Waals surface area (Å²) in [7, 11) is 1.64. The largest absolute Gasteiger partial charge is 0.356 e. The summed E-state index contributed by atoms with van der Waals surface area (Å²) in [6, 6.07) is 0. The van der Waals surface area contributed by atoms with Crippen molar-refractivity contribution in [2.75, 3.05) is 13.6 Å². The minimum Gasteiger partial charge on any atom is -0.356 e. The van der Waals surface area contributed by atoms with E-state index in [1.807, 2.05) is 12.2 Å². The van der Waals surface area contributed by atoms with Crippen molar-refractivity contribution in [1.29, 1.82) is 0 Å². The number of nitrogens with one attached hydrogen (secondary N) is 2. The van der Waals surface area contributed by atoms with Crippen molar-refractivity contribution >= 4 is 11.8 Å². The van der Waals surface area contributed by atoms with Crippen LogP contribution in [0.4, 0.5) is 0 Å². The van der Waals surface area contributed by atoms with Crippen molar-refractivity contribution in [3.63, 3.8) is 0 Å². The first-order chi connectivity index (χ1) is 12.2. The Balaban J connectivity index is 3.32. The van der Waals surface area contributed by atoms with Crippen molar-refractivity contribution in [2.24, 2.45) is 0 Å². The molecule has 0 saturated heterocycles. The Morgan fingerprint density at radius 3 is 1.84 bits per heavy atom. The molecule has 0 saturated carbocycles. The zero-order valence-corrected chi connectivity index (χ0v) is 16.3. The van der Waals surface area contributed by atoms with Crippen LogP contribution in [0.25, 0.3) is 0 Å². The highest BCUT2D eigenvalue weighted by molar-refractivity contribution is 5.87. The first kappa shape index (κ1) is 23.4. The summed E-state index contributed by atoms with van der Waals surface area (Å²) < 4.78 is 0. The number of likely N-dealkylation sites (N-methyl/N-ethyl adjacent to an activating group) is 1. The van der Waals surface area contributed by atoms with Crippen molar-refractivity contribution in [2.45, 2.75) is 84.0 Å². The maximum atomic E-state index is 11.6. The summed E-state index contributed by atoms with van der Waals surface area (Å²) in [4.78, 5) is 22.6. The third kappa shape index (κ3) is 18.6. The molecule has 2 N–H and O–H groups in total. The summed E-state index contributed by atoms with van der Waals surface area (Å²) in [5.74, 6) is 0.00628. The van der Waals surface area contributed by atoms with Crippen LogP contribution in [-0.2, 0) is 9.59 Å². The molecule has 0 radical (unpaired) electrons. The number of unbranched alkanes of at least 4 members (excludes halogenated alkanes) is 10. The first-order valence-electron chi connectivity index (χ1n) is 10.0. The topological polar surface area (TPSA) is 58.2 Å². The van der Waals surface area contributed by atoms with Gasteiger partial charge in [0, 0.05) is 13.6 Å². The van der Waals surface area contributed by atoms with Crippen molar-refractivity contribution < 1.29 is 9.59 Å². The van der Waals surface area contributed by atoms with Gasteiger partial charge in [0.15, 0.2) is 0 Å². The molecule has 0 atom stereocenters. The van der Waals surface area contributed by atoms with E-state index in [-0.39, 0.29) is 11.8 Å². The normalized spacial score (nSPS) is 11.3. The van der Waals surface area contributed by atoms with E-state index >= 15 is 0 Å². The van der Waals surface area contributed by atoms with Crippen LogP contribution in [0.15, 0.2) is 24.3 Å². The van der Waals surface area contributed by atoms with Gasteiger partial charge >= 0.3 is 0 Å². The smallest absolute Gasteiger partial charge is 0.243 e.